The summed E-state index contributed by atoms with van der Waals surface area (Å²) in [5, 5.41) is 0.947. The van der Waals surface area contributed by atoms with Gasteiger partial charge in [-0.1, -0.05) is 6.42 Å². The highest BCUT2D eigenvalue weighted by molar-refractivity contribution is 7.85. The maximum absolute atomic E-state index is 11.2. The minimum Gasteiger partial charge on any atom is -0.273 e. The molecule has 1 amide bonds. The summed E-state index contributed by atoms with van der Waals surface area (Å²) in [6.07, 6.45) is 3.85. The van der Waals surface area contributed by atoms with E-state index in [1.54, 1.807) is 0 Å². The van der Waals surface area contributed by atoms with E-state index in [9.17, 15) is 13.2 Å². The summed E-state index contributed by atoms with van der Waals surface area (Å²) in [6.45, 7) is 0.367. The molecular weight excluding hydrogens is 194 g/mol. The number of hydroxylamine groups is 2. The fourth-order valence-corrected chi connectivity index (χ4v) is 1.68. The fourth-order valence-electron chi connectivity index (χ4n) is 1.20. The molecule has 0 unspecified atom stereocenters. The van der Waals surface area contributed by atoms with Gasteiger partial charge in [0.15, 0.2) is 0 Å². The Bertz CT molecular complexity index is 285. The van der Waals surface area contributed by atoms with Crippen LogP contribution in [0.1, 0.15) is 25.7 Å². The molecule has 1 aliphatic rings. The SMILES string of the molecule is CS(=O)(=O)ON1CCCCCC1=O. The van der Waals surface area contributed by atoms with Crippen LogP contribution in [0.3, 0.4) is 0 Å². The van der Waals surface area contributed by atoms with E-state index in [1.165, 1.54) is 0 Å². The van der Waals surface area contributed by atoms with E-state index in [2.05, 4.69) is 4.28 Å². The third-order valence-corrected chi connectivity index (χ3v) is 2.21. The van der Waals surface area contributed by atoms with Crippen LogP contribution in [0.4, 0.5) is 0 Å². The Morgan fingerprint density at radius 2 is 2.00 bits per heavy atom. The topological polar surface area (TPSA) is 63.7 Å². The number of carbonyl (C=O) groups is 1. The Balaban J connectivity index is 2.60. The minimum atomic E-state index is -3.57. The van der Waals surface area contributed by atoms with Crippen molar-refractivity contribution in [2.45, 2.75) is 25.7 Å². The summed E-state index contributed by atoms with van der Waals surface area (Å²) in [4.78, 5) is 11.2. The summed E-state index contributed by atoms with van der Waals surface area (Å²) in [6, 6.07) is 0. The Hall–Kier alpha value is -0.620. The number of nitrogens with zero attached hydrogens (tertiary/aromatic N) is 1. The Labute approximate surface area is 77.7 Å². The first-order valence-electron chi connectivity index (χ1n) is 4.19. The summed E-state index contributed by atoms with van der Waals surface area (Å²) in [5.74, 6) is -0.247. The minimum absolute atomic E-state index is 0.247. The second-order valence-electron chi connectivity index (χ2n) is 3.09. The molecule has 0 radical (unpaired) electrons. The van der Waals surface area contributed by atoms with Gasteiger partial charge in [-0.2, -0.15) is 8.42 Å². The lowest BCUT2D eigenvalue weighted by Crippen LogP contribution is -2.32. The molecule has 13 heavy (non-hydrogen) atoms. The number of hydrogen-bond donors (Lipinski definition) is 0. The molecule has 0 aromatic rings. The van der Waals surface area contributed by atoms with E-state index >= 15 is 0 Å². The molecule has 0 bridgehead atoms. The third-order valence-electron chi connectivity index (χ3n) is 1.76. The molecule has 1 rings (SSSR count). The molecular formula is C7H13NO4S. The summed E-state index contributed by atoms with van der Waals surface area (Å²) < 4.78 is 26.0. The average molecular weight is 207 g/mol. The molecule has 1 fully saturated rings. The standard InChI is InChI=1S/C7H13NO4S/c1-13(10,11)12-8-6-4-2-3-5-7(8)9/h2-6H2,1H3. The van der Waals surface area contributed by atoms with Gasteiger partial charge in [-0.3, -0.25) is 4.79 Å². The molecule has 0 N–H and O–H groups in total. The zero-order valence-electron chi connectivity index (χ0n) is 7.52. The normalized spacial score (nSPS) is 20.1. The highest BCUT2D eigenvalue weighted by atomic mass is 32.2. The third kappa shape index (κ3) is 3.73. The second kappa shape index (κ2) is 4.06. The smallest absolute Gasteiger partial charge is 0.273 e. The van der Waals surface area contributed by atoms with Gasteiger partial charge in [-0.05, 0) is 12.8 Å². The van der Waals surface area contributed by atoms with E-state index < -0.39 is 10.1 Å². The molecule has 5 nitrogen and oxygen atoms in total. The van der Waals surface area contributed by atoms with Crippen LogP contribution in [0.25, 0.3) is 0 Å². The predicted molar refractivity (Wildman–Crippen MR) is 46.1 cm³/mol. The van der Waals surface area contributed by atoms with E-state index in [0.29, 0.717) is 13.0 Å². The van der Waals surface area contributed by atoms with Gasteiger partial charge in [-0.25, -0.2) is 5.06 Å². The van der Waals surface area contributed by atoms with Gasteiger partial charge in [0.25, 0.3) is 10.1 Å². The van der Waals surface area contributed by atoms with Crippen LogP contribution < -0.4 is 0 Å². The van der Waals surface area contributed by atoms with Gasteiger partial charge in [0.2, 0.25) is 5.91 Å². The molecule has 1 aliphatic heterocycles. The second-order valence-corrected chi connectivity index (χ2v) is 4.64. The molecule has 1 saturated heterocycles. The number of rotatable bonds is 2. The Morgan fingerprint density at radius 3 is 2.62 bits per heavy atom. The lowest BCUT2D eigenvalue weighted by molar-refractivity contribution is -0.155. The Kier molecular flexibility index (Phi) is 3.27. The van der Waals surface area contributed by atoms with Crippen molar-refractivity contribution in [1.29, 1.82) is 0 Å². The molecule has 1 heterocycles. The van der Waals surface area contributed by atoms with Crippen molar-refractivity contribution in [1.82, 2.24) is 5.06 Å². The van der Waals surface area contributed by atoms with E-state index in [-0.39, 0.29) is 5.91 Å². The highest BCUT2D eigenvalue weighted by Gasteiger charge is 2.20. The molecule has 6 heteroatoms. The van der Waals surface area contributed by atoms with E-state index in [4.69, 9.17) is 0 Å². The monoisotopic (exact) mass is 207 g/mol. The fraction of sp³-hybridized carbons (Fsp3) is 0.857. The molecule has 0 aromatic heterocycles. The lowest BCUT2D eigenvalue weighted by Gasteiger charge is -2.16. The van der Waals surface area contributed by atoms with E-state index in [0.717, 1.165) is 30.6 Å². The van der Waals surface area contributed by atoms with Crippen molar-refractivity contribution < 1.29 is 17.5 Å². The first-order valence-corrected chi connectivity index (χ1v) is 6.00. The Morgan fingerprint density at radius 1 is 1.31 bits per heavy atom. The number of hydrogen-bond acceptors (Lipinski definition) is 4. The average Bonchev–Trinajstić information content (AvgIpc) is 2.14. The van der Waals surface area contributed by atoms with Gasteiger partial charge in [-0.15, -0.1) is 4.28 Å². The summed E-state index contributed by atoms with van der Waals surface area (Å²) >= 11 is 0. The first kappa shape index (κ1) is 10.5. The van der Waals surface area contributed by atoms with Crippen LogP contribution >= 0.6 is 0 Å². The lowest BCUT2D eigenvalue weighted by atomic mass is 10.2. The molecule has 0 atom stereocenters. The van der Waals surface area contributed by atoms with Gasteiger partial charge in [0.05, 0.1) is 12.8 Å². The summed E-state index contributed by atoms with van der Waals surface area (Å²) in [7, 11) is -3.57. The van der Waals surface area contributed by atoms with Crippen molar-refractivity contribution >= 4 is 16.0 Å². The van der Waals surface area contributed by atoms with Crippen LogP contribution in [0.15, 0.2) is 0 Å². The van der Waals surface area contributed by atoms with Crippen molar-refractivity contribution in [3.8, 4) is 0 Å². The zero-order chi connectivity index (χ0) is 9.90. The largest absolute Gasteiger partial charge is 0.285 e. The van der Waals surface area contributed by atoms with Gasteiger partial charge < -0.3 is 0 Å². The molecule has 0 spiro atoms. The van der Waals surface area contributed by atoms with Gasteiger partial charge in [0.1, 0.15) is 0 Å². The van der Waals surface area contributed by atoms with Crippen molar-refractivity contribution in [2.24, 2.45) is 0 Å². The molecule has 0 aromatic carbocycles. The van der Waals surface area contributed by atoms with Gasteiger partial charge in [0, 0.05) is 6.42 Å². The van der Waals surface area contributed by atoms with Crippen LogP contribution in [-0.2, 0) is 19.2 Å². The van der Waals surface area contributed by atoms with Crippen LogP contribution in [-0.4, -0.2) is 32.2 Å². The maximum atomic E-state index is 11.2. The first-order chi connectivity index (χ1) is 5.99. The van der Waals surface area contributed by atoms with Crippen molar-refractivity contribution in [3.05, 3.63) is 0 Å². The van der Waals surface area contributed by atoms with Crippen LogP contribution in [0.5, 0.6) is 0 Å². The predicted octanol–water partition coefficient (Wildman–Crippen LogP) is 0.280. The molecule has 0 saturated carbocycles. The highest BCUT2D eigenvalue weighted by Crippen LogP contribution is 2.12. The quantitative estimate of drug-likeness (QED) is 0.652. The van der Waals surface area contributed by atoms with Crippen molar-refractivity contribution in [3.63, 3.8) is 0 Å². The summed E-state index contributed by atoms with van der Waals surface area (Å²) in [5.41, 5.74) is 0. The number of carbonyl (C=O) groups excluding carboxylic acids is 1. The maximum Gasteiger partial charge on any atom is 0.285 e. The molecule has 76 valence electrons. The van der Waals surface area contributed by atoms with Crippen LogP contribution in [0, 0.1) is 0 Å². The van der Waals surface area contributed by atoms with E-state index in [1.807, 2.05) is 0 Å². The zero-order valence-corrected chi connectivity index (χ0v) is 8.34. The van der Waals surface area contributed by atoms with Crippen LogP contribution in [0.2, 0.25) is 0 Å². The molecule has 0 aliphatic carbocycles. The van der Waals surface area contributed by atoms with Gasteiger partial charge >= 0.3 is 0 Å². The number of amides is 1. The van der Waals surface area contributed by atoms with Crippen molar-refractivity contribution in [2.75, 3.05) is 12.8 Å².